The Morgan fingerprint density at radius 3 is 2.45 bits per heavy atom. The molecular formula is C16H17ClFNO. The maximum atomic E-state index is 13.2. The van der Waals surface area contributed by atoms with Crippen molar-refractivity contribution in [2.45, 2.75) is 19.0 Å². The molecule has 0 aliphatic rings. The van der Waals surface area contributed by atoms with Gasteiger partial charge in [-0.3, -0.25) is 0 Å². The first-order chi connectivity index (χ1) is 9.61. The van der Waals surface area contributed by atoms with Crippen LogP contribution < -0.4 is 5.32 Å². The molecule has 2 atom stereocenters. The number of hydrogen-bond acceptors (Lipinski definition) is 2. The number of benzene rings is 2. The van der Waals surface area contributed by atoms with E-state index in [4.69, 9.17) is 11.6 Å². The fourth-order valence-corrected chi connectivity index (χ4v) is 2.31. The largest absolute Gasteiger partial charge is 0.394 e. The van der Waals surface area contributed by atoms with Crippen LogP contribution in [0.25, 0.3) is 0 Å². The second kappa shape index (κ2) is 6.84. The van der Waals surface area contributed by atoms with Gasteiger partial charge in [0, 0.05) is 6.04 Å². The van der Waals surface area contributed by atoms with Crippen LogP contribution in [-0.2, 0) is 0 Å². The van der Waals surface area contributed by atoms with Gasteiger partial charge < -0.3 is 10.4 Å². The molecule has 2 aromatic rings. The van der Waals surface area contributed by atoms with E-state index in [-0.39, 0.29) is 23.7 Å². The molecule has 0 aromatic heterocycles. The quantitative estimate of drug-likeness (QED) is 0.877. The summed E-state index contributed by atoms with van der Waals surface area (Å²) >= 11 is 5.79. The predicted octanol–water partition coefficient (Wildman–Crippen LogP) is 3.86. The molecule has 106 valence electrons. The van der Waals surface area contributed by atoms with Crippen molar-refractivity contribution in [2.75, 3.05) is 6.61 Å². The van der Waals surface area contributed by atoms with Gasteiger partial charge in [-0.15, -0.1) is 0 Å². The topological polar surface area (TPSA) is 32.3 Å². The Balaban J connectivity index is 2.13. The highest BCUT2D eigenvalue weighted by molar-refractivity contribution is 6.30. The molecule has 4 heteroatoms. The van der Waals surface area contributed by atoms with E-state index in [9.17, 15) is 9.50 Å². The first-order valence-electron chi connectivity index (χ1n) is 6.48. The van der Waals surface area contributed by atoms with E-state index in [0.29, 0.717) is 0 Å². The molecular weight excluding hydrogens is 277 g/mol. The molecule has 0 amide bonds. The van der Waals surface area contributed by atoms with Crippen LogP contribution in [0.5, 0.6) is 0 Å². The van der Waals surface area contributed by atoms with Gasteiger partial charge in [-0.1, -0.05) is 48.0 Å². The Labute approximate surface area is 123 Å². The summed E-state index contributed by atoms with van der Waals surface area (Å²) in [6.45, 7) is 1.94. The van der Waals surface area contributed by atoms with Crippen molar-refractivity contribution in [3.05, 3.63) is 70.5 Å². The van der Waals surface area contributed by atoms with Crippen LogP contribution in [0.2, 0.25) is 5.02 Å². The molecule has 20 heavy (non-hydrogen) atoms. The fraction of sp³-hybridized carbons (Fsp3) is 0.250. The summed E-state index contributed by atoms with van der Waals surface area (Å²) in [6, 6.07) is 14.1. The highest BCUT2D eigenvalue weighted by Gasteiger charge is 2.15. The van der Waals surface area contributed by atoms with Crippen molar-refractivity contribution >= 4 is 11.6 Å². The van der Waals surface area contributed by atoms with Gasteiger partial charge >= 0.3 is 0 Å². The zero-order valence-electron chi connectivity index (χ0n) is 11.2. The zero-order valence-corrected chi connectivity index (χ0v) is 11.9. The zero-order chi connectivity index (χ0) is 14.5. The summed E-state index contributed by atoms with van der Waals surface area (Å²) in [4.78, 5) is 0. The van der Waals surface area contributed by atoms with Crippen molar-refractivity contribution in [1.29, 1.82) is 0 Å². The minimum atomic E-state index is -0.426. The summed E-state index contributed by atoms with van der Waals surface area (Å²) in [6.07, 6.45) is 0. The molecule has 1 unspecified atom stereocenters. The SMILES string of the molecule is CC(N[C@@H](CO)c1ccccc1)c1ccc(F)c(Cl)c1. The molecule has 2 N–H and O–H groups in total. The Kier molecular flexibility index (Phi) is 5.12. The lowest BCUT2D eigenvalue weighted by atomic mass is 10.0. The summed E-state index contributed by atoms with van der Waals surface area (Å²) in [5, 5.41) is 12.9. The monoisotopic (exact) mass is 293 g/mol. The average molecular weight is 294 g/mol. The molecule has 0 saturated carbocycles. The van der Waals surface area contributed by atoms with Gasteiger partial charge in [0.1, 0.15) is 5.82 Å². The molecule has 2 aromatic carbocycles. The van der Waals surface area contributed by atoms with Crippen molar-refractivity contribution in [1.82, 2.24) is 5.32 Å². The number of aliphatic hydroxyl groups is 1. The molecule has 2 rings (SSSR count). The van der Waals surface area contributed by atoms with E-state index in [1.165, 1.54) is 6.07 Å². The van der Waals surface area contributed by atoms with E-state index in [0.717, 1.165) is 11.1 Å². The minimum Gasteiger partial charge on any atom is -0.394 e. The van der Waals surface area contributed by atoms with Crippen LogP contribution in [-0.4, -0.2) is 11.7 Å². The Morgan fingerprint density at radius 2 is 1.85 bits per heavy atom. The van der Waals surface area contributed by atoms with Gasteiger partial charge in [0.25, 0.3) is 0 Å². The molecule has 0 aliphatic carbocycles. The molecule has 0 saturated heterocycles. The van der Waals surface area contributed by atoms with Gasteiger partial charge in [-0.25, -0.2) is 4.39 Å². The maximum absolute atomic E-state index is 13.2. The normalized spacial score (nSPS) is 14.0. The molecule has 0 fully saturated rings. The smallest absolute Gasteiger partial charge is 0.141 e. The van der Waals surface area contributed by atoms with Crippen LogP contribution >= 0.6 is 11.6 Å². The van der Waals surface area contributed by atoms with Crippen molar-refractivity contribution in [2.24, 2.45) is 0 Å². The van der Waals surface area contributed by atoms with Crippen LogP contribution in [0.3, 0.4) is 0 Å². The van der Waals surface area contributed by atoms with Gasteiger partial charge in [-0.05, 0) is 30.2 Å². The van der Waals surface area contributed by atoms with Crippen LogP contribution in [0.1, 0.15) is 30.1 Å². The lowest BCUT2D eigenvalue weighted by Gasteiger charge is -2.22. The van der Waals surface area contributed by atoms with Gasteiger partial charge in [0.2, 0.25) is 0 Å². The van der Waals surface area contributed by atoms with Crippen molar-refractivity contribution < 1.29 is 9.50 Å². The van der Waals surface area contributed by atoms with E-state index in [1.54, 1.807) is 12.1 Å². The third-order valence-electron chi connectivity index (χ3n) is 3.28. The van der Waals surface area contributed by atoms with E-state index in [2.05, 4.69) is 5.32 Å². The molecule has 0 radical (unpaired) electrons. The van der Waals surface area contributed by atoms with Gasteiger partial charge in [-0.2, -0.15) is 0 Å². The predicted molar refractivity (Wildman–Crippen MR) is 79.2 cm³/mol. The fourth-order valence-electron chi connectivity index (χ4n) is 2.12. The Morgan fingerprint density at radius 1 is 1.15 bits per heavy atom. The Hall–Kier alpha value is -1.42. The number of aliphatic hydroxyl groups excluding tert-OH is 1. The summed E-state index contributed by atoms with van der Waals surface area (Å²) in [5.41, 5.74) is 1.89. The maximum Gasteiger partial charge on any atom is 0.141 e. The molecule has 0 heterocycles. The first-order valence-corrected chi connectivity index (χ1v) is 6.86. The van der Waals surface area contributed by atoms with E-state index >= 15 is 0 Å². The lowest BCUT2D eigenvalue weighted by molar-refractivity contribution is 0.235. The van der Waals surface area contributed by atoms with Gasteiger partial charge in [0.15, 0.2) is 0 Å². The lowest BCUT2D eigenvalue weighted by Crippen LogP contribution is -2.27. The van der Waals surface area contributed by atoms with Crippen LogP contribution in [0, 0.1) is 5.82 Å². The third-order valence-corrected chi connectivity index (χ3v) is 3.57. The van der Waals surface area contributed by atoms with E-state index < -0.39 is 5.82 Å². The second-order valence-corrected chi connectivity index (χ2v) is 5.11. The van der Waals surface area contributed by atoms with Gasteiger partial charge in [0.05, 0.1) is 17.7 Å². The summed E-state index contributed by atoms with van der Waals surface area (Å²) in [5.74, 6) is -0.426. The highest BCUT2D eigenvalue weighted by Crippen LogP contribution is 2.23. The number of halogens is 2. The number of nitrogens with one attached hydrogen (secondary N) is 1. The first kappa shape index (κ1) is 15.0. The van der Waals surface area contributed by atoms with Crippen LogP contribution in [0.4, 0.5) is 4.39 Å². The summed E-state index contributed by atoms with van der Waals surface area (Å²) in [7, 11) is 0. The van der Waals surface area contributed by atoms with E-state index in [1.807, 2.05) is 37.3 Å². The average Bonchev–Trinajstić information content (AvgIpc) is 2.48. The summed E-state index contributed by atoms with van der Waals surface area (Å²) < 4.78 is 13.2. The number of hydrogen-bond donors (Lipinski definition) is 2. The third kappa shape index (κ3) is 3.57. The highest BCUT2D eigenvalue weighted by atomic mass is 35.5. The second-order valence-electron chi connectivity index (χ2n) is 4.71. The molecule has 0 bridgehead atoms. The van der Waals surface area contributed by atoms with Crippen LogP contribution in [0.15, 0.2) is 48.5 Å². The Bertz CT molecular complexity index is 562. The molecule has 0 spiro atoms. The van der Waals surface area contributed by atoms with Crippen molar-refractivity contribution in [3.8, 4) is 0 Å². The molecule has 0 aliphatic heterocycles. The minimum absolute atomic E-state index is 0.0106. The number of rotatable bonds is 5. The molecule has 2 nitrogen and oxygen atoms in total. The standard InChI is InChI=1S/C16H17ClFNO/c1-11(13-7-8-15(18)14(17)9-13)19-16(10-20)12-5-3-2-4-6-12/h2-9,11,16,19-20H,10H2,1H3/t11?,16-/m0/s1. The van der Waals surface area contributed by atoms with Crippen molar-refractivity contribution in [3.63, 3.8) is 0 Å².